The maximum Gasteiger partial charge on any atom is 0.0600 e. The van der Waals surface area contributed by atoms with Crippen LogP contribution in [0, 0.1) is 11.8 Å². The Labute approximate surface area is 112 Å². The van der Waals surface area contributed by atoms with Crippen molar-refractivity contribution in [3.63, 3.8) is 0 Å². The average molecular weight is 298 g/mol. The molecule has 0 spiro atoms. The van der Waals surface area contributed by atoms with Gasteiger partial charge in [-0.2, -0.15) is 0 Å². The van der Waals surface area contributed by atoms with Gasteiger partial charge in [0.15, 0.2) is 0 Å². The smallest absolute Gasteiger partial charge is 0.0600 e. The first-order chi connectivity index (χ1) is 8.00. The molecule has 5 atom stereocenters. The molecule has 1 aromatic rings. The molecule has 0 radical (unpaired) electrons. The second kappa shape index (κ2) is 5.09. The summed E-state index contributed by atoms with van der Waals surface area (Å²) >= 11 is 3.45. The van der Waals surface area contributed by atoms with Gasteiger partial charge in [0.25, 0.3) is 0 Å². The molecule has 0 bridgehead atoms. The Morgan fingerprint density at radius 1 is 1.12 bits per heavy atom. The van der Waals surface area contributed by atoms with Crippen molar-refractivity contribution in [2.75, 3.05) is 0 Å². The summed E-state index contributed by atoms with van der Waals surface area (Å²) in [5.41, 5.74) is 7.59. The summed E-state index contributed by atoms with van der Waals surface area (Å²) in [4.78, 5) is 0. The van der Waals surface area contributed by atoms with E-state index in [1.165, 1.54) is 5.56 Å². The third kappa shape index (κ3) is 2.56. The highest BCUT2D eigenvalue weighted by Gasteiger charge is 2.40. The van der Waals surface area contributed by atoms with E-state index < -0.39 is 0 Å². The molecule has 94 valence electrons. The van der Waals surface area contributed by atoms with E-state index in [4.69, 9.17) is 10.5 Å². The van der Waals surface area contributed by atoms with Gasteiger partial charge in [0.1, 0.15) is 0 Å². The summed E-state index contributed by atoms with van der Waals surface area (Å²) in [6.45, 7) is 6.50. The molecule has 1 fully saturated rings. The number of ether oxygens (including phenoxy) is 1. The number of nitrogens with two attached hydrogens (primary N) is 1. The lowest BCUT2D eigenvalue weighted by Gasteiger charge is -2.26. The molecule has 3 heteroatoms. The van der Waals surface area contributed by atoms with E-state index in [1.807, 2.05) is 12.1 Å². The van der Waals surface area contributed by atoms with Crippen molar-refractivity contribution < 1.29 is 4.74 Å². The van der Waals surface area contributed by atoms with Crippen molar-refractivity contribution in [3.8, 4) is 0 Å². The third-order valence-corrected chi connectivity index (χ3v) is 4.52. The van der Waals surface area contributed by atoms with E-state index >= 15 is 0 Å². The highest BCUT2D eigenvalue weighted by Crippen LogP contribution is 2.39. The van der Waals surface area contributed by atoms with E-state index in [-0.39, 0.29) is 12.1 Å². The molecule has 2 nitrogen and oxygen atoms in total. The number of benzene rings is 1. The summed E-state index contributed by atoms with van der Waals surface area (Å²) in [6.07, 6.45) is 0.537. The van der Waals surface area contributed by atoms with Crippen molar-refractivity contribution in [1.29, 1.82) is 0 Å². The van der Waals surface area contributed by atoms with Gasteiger partial charge in [0.2, 0.25) is 0 Å². The van der Waals surface area contributed by atoms with Gasteiger partial charge < -0.3 is 10.5 Å². The number of hydrogen-bond donors (Lipinski definition) is 1. The summed E-state index contributed by atoms with van der Waals surface area (Å²) in [5, 5.41) is 0. The molecule has 0 aliphatic carbocycles. The molecule has 1 aliphatic heterocycles. The Balaban J connectivity index is 2.19. The quantitative estimate of drug-likeness (QED) is 0.907. The second-order valence-electron chi connectivity index (χ2n) is 5.06. The molecule has 1 saturated heterocycles. The van der Waals surface area contributed by atoms with E-state index in [9.17, 15) is 0 Å². The topological polar surface area (TPSA) is 35.2 Å². The predicted octanol–water partition coefficient (Wildman–Crippen LogP) is 3.51. The Hall–Kier alpha value is -0.380. The lowest BCUT2D eigenvalue weighted by Crippen LogP contribution is -2.30. The highest BCUT2D eigenvalue weighted by molar-refractivity contribution is 9.10. The molecule has 1 aliphatic rings. The van der Waals surface area contributed by atoms with Gasteiger partial charge in [-0.15, -0.1) is 0 Å². The molecule has 1 aromatic carbocycles. The number of halogens is 1. The third-order valence-electron chi connectivity index (χ3n) is 3.99. The molecule has 1 heterocycles. The number of hydrogen-bond acceptors (Lipinski definition) is 2. The van der Waals surface area contributed by atoms with Crippen LogP contribution in [0.25, 0.3) is 0 Å². The highest BCUT2D eigenvalue weighted by atomic mass is 79.9. The van der Waals surface area contributed by atoms with Crippen LogP contribution in [-0.4, -0.2) is 12.2 Å². The Morgan fingerprint density at radius 3 is 2.18 bits per heavy atom. The minimum atomic E-state index is 0.0537. The maximum atomic E-state index is 6.40. The monoisotopic (exact) mass is 297 g/mol. The summed E-state index contributed by atoms with van der Waals surface area (Å²) in [6, 6.07) is 8.33. The van der Waals surface area contributed by atoms with Crippen molar-refractivity contribution >= 4 is 15.9 Å². The molecule has 17 heavy (non-hydrogen) atoms. The summed E-state index contributed by atoms with van der Waals surface area (Å²) < 4.78 is 6.95. The van der Waals surface area contributed by atoms with Gasteiger partial charge in [-0.1, -0.05) is 35.0 Å². The summed E-state index contributed by atoms with van der Waals surface area (Å²) in [7, 11) is 0. The fourth-order valence-electron chi connectivity index (χ4n) is 2.82. The lowest BCUT2D eigenvalue weighted by atomic mass is 9.81. The Bertz CT molecular complexity index is 378. The first kappa shape index (κ1) is 13.1. The van der Waals surface area contributed by atoms with Crippen molar-refractivity contribution in [1.82, 2.24) is 0 Å². The van der Waals surface area contributed by atoms with E-state index in [1.54, 1.807) is 0 Å². The first-order valence-electron chi connectivity index (χ1n) is 6.17. The van der Waals surface area contributed by atoms with Crippen LogP contribution in [0.5, 0.6) is 0 Å². The minimum Gasteiger partial charge on any atom is -0.375 e. The van der Waals surface area contributed by atoms with E-state index in [0.717, 1.165) is 4.47 Å². The van der Waals surface area contributed by atoms with Crippen LogP contribution >= 0.6 is 15.9 Å². The largest absolute Gasteiger partial charge is 0.375 e. The molecule has 0 amide bonds. The summed E-state index contributed by atoms with van der Waals surface area (Å²) in [5.74, 6) is 0.898. The van der Waals surface area contributed by atoms with Gasteiger partial charge in [0, 0.05) is 16.4 Å². The zero-order chi connectivity index (χ0) is 12.6. The van der Waals surface area contributed by atoms with Crippen LogP contribution in [0.2, 0.25) is 0 Å². The number of rotatable bonds is 2. The Kier molecular flexibility index (Phi) is 3.91. The average Bonchev–Trinajstić information content (AvgIpc) is 2.53. The maximum absolute atomic E-state index is 6.40. The molecule has 2 N–H and O–H groups in total. The fourth-order valence-corrected chi connectivity index (χ4v) is 3.08. The normalized spacial score (nSPS) is 34.9. The zero-order valence-electron chi connectivity index (χ0n) is 10.6. The van der Waals surface area contributed by atoms with Gasteiger partial charge in [0.05, 0.1) is 12.2 Å². The fraction of sp³-hybridized carbons (Fsp3) is 0.571. The molecule has 2 rings (SSSR count). The van der Waals surface area contributed by atoms with Crippen molar-refractivity contribution in [2.45, 2.75) is 39.0 Å². The molecule has 0 aromatic heterocycles. The van der Waals surface area contributed by atoms with E-state index in [0.29, 0.717) is 17.9 Å². The van der Waals surface area contributed by atoms with Gasteiger partial charge in [-0.3, -0.25) is 0 Å². The molecule has 0 saturated carbocycles. The van der Waals surface area contributed by atoms with Crippen molar-refractivity contribution in [3.05, 3.63) is 34.3 Å². The first-order valence-corrected chi connectivity index (χ1v) is 6.96. The molecular weight excluding hydrogens is 278 g/mol. The zero-order valence-corrected chi connectivity index (χ0v) is 12.1. The van der Waals surface area contributed by atoms with Crippen LogP contribution in [0.4, 0.5) is 0 Å². The standard InChI is InChI=1S/C14H20BrNO/c1-8-9(2)17-10(3)13(8)14(16)11-4-6-12(15)7-5-11/h4-10,13-14H,16H2,1-3H3. The second-order valence-corrected chi connectivity index (χ2v) is 5.98. The van der Waals surface area contributed by atoms with Crippen molar-refractivity contribution in [2.24, 2.45) is 17.6 Å². The predicted molar refractivity (Wildman–Crippen MR) is 73.7 cm³/mol. The Morgan fingerprint density at radius 2 is 1.71 bits per heavy atom. The van der Waals surface area contributed by atoms with Crippen LogP contribution < -0.4 is 5.73 Å². The molecular formula is C14H20BrNO. The van der Waals surface area contributed by atoms with Gasteiger partial charge >= 0.3 is 0 Å². The van der Waals surface area contributed by atoms with Crippen LogP contribution in [0.15, 0.2) is 28.7 Å². The van der Waals surface area contributed by atoms with Crippen LogP contribution in [0.1, 0.15) is 32.4 Å². The van der Waals surface area contributed by atoms with Crippen LogP contribution in [0.3, 0.4) is 0 Å². The van der Waals surface area contributed by atoms with Gasteiger partial charge in [-0.25, -0.2) is 0 Å². The van der Waals surface area contributed by atoms with Crippen LogP contribution in [-0.2, 0) is 4.74 Å². The van der Waals surface area contributed by atoms with Gasteiger partial charge in [-0.05, 0) is 37.5 Å². The SMILES string of the molecule is CC1OC(C)C(C(N)c2ccc(Br)cc2)C1C. The minimum absolute atomic E-state index is 0.0537. The van der Waals surface area contributed by atoms with E-state index in [2.05, 4.69) is 48.8 Å². The molecule has 5 unspecified atom stereocenters. The lowest BCUT2D eigenvalue weighted by molar-refractivity contribution is 0.0489.